The van der Waals surface area contributed by atoms with E-state index in [2.05, 4.69) is 71.8 Å². The van der Waals surface area contributed by atoms with Gasteiger partial charge in [0.05, 0.1) is 11.4 Å². The molecule has 0 bridgehead atoms. The second-order valence-electron chi connectivity index (χ2n) is 5.71. The Bertz CT molecular complexity index is 1030. The van der Waals surface area contributed by atoms with Crippen LogP contribution in [-0.4, -0.2) is 10.2 Å². The van der Waals surface area contributed by atoms with Crippen LogP contribution in [0.4, 0.5) is 11.4 Å². The predicted octanol–water partition coefficient (Wildman–Crippen LogP) is 6.95. The third-order valence-corrected chi connectivity index (χ3v) is 7.32. The Balaban J connectivity index is 1.78. The number of nitrogens with zero attached hydrogens (tertiary/aromatic N) is 1. The van der Waals surface area contributed by atoms with Crippen LogP contribution in [0.25, 0.3) is 4.91 Å². The number of allylic oxidation sites excluding steroid dienone is 1. The van der Waals surface area contributed by atoms with Gasteiger partial charge in [-0.05, 0) is 44.3 Å². The van der Waals surface area contributed by atoms with Crippen molar-refractivity contribution in [2.45, 2.75) is 28.0 Å². The molecule has 126 valence electrons. The molecule has 3 aromatic rings. The van der Waals surface area contributed by atoms with E-state index in [0.29, 0.717) is 3.95 Å². The summed E-state index contributed by atoms with van der Waals surface area (Å²) in [7, 11) is 0. The van der Waals surface area contributed by atoms with E-state index in [0.717, 1.165) is 15.7 Å². The van der Waals surface area contributed by atoms with Gasteiger partial charge in [0.2, 0.25) is 0 Å². The molecular weight excluding hydrogens is 386 g/mol. The third-order valence-electron chi connectivity index (χ3n) is 3.70. The van der Waals surface area contributed by atoms with E-state index in [1.807, 2.05) is 0 Å². The van der Waals surface area contributed by atoms with Gasteiger partial charge in [-0.1, -0.05) is 64.7 Å². The van der Waals surface area contributed by atoms with E-state index in [-0.39, 0.29) is 0 Å². The molecule has 0 saturated carbocycles. The number of aromatic nitrogens is 2. The summed E-state index contributed by atoms with van der Waals surface area (Å²) in [6.45, 7) is 4.27. The molecule has 2 aromatic carbocycles. The maximum atomic E-state index is 5.16. The van der Waals surface area contributed by atoms with Gasteiger partial charge in [0.15, 0.2) is 8.29 Å². The number of fused-ring (bicyclic) bond motifs is 2. The fourth-order valence-electron chi connectivity index (χ4n) is 2.62. The van der Waals surface area contributed by atoms with E-state index >= 15 is 0 Å². The summed E-state index contributed by atoms with van der Waals surface area (Å²) in [4.78, 5) is 3.70. The first-order valence-corrected chi connectivity index (χ1v) is 10.6. The average molecular weight is 402 g/mol. The minimum absolute atomic E-state index is 0.702. The van der Waals surface area contributed by atoms with E-state index in [4.69, 9.17) is 12.2 Å². The molecular formula is C18H15N3S4. The zero-order chi connectivity index (χ0) is 17.4. The quantitative estimate of drug-likeness (QED) is 0.287. The second kappa shape index (κ2) is 6.99. The molecule has 0 aliphatic carbocycles. The molecule has 7 heteroatoms. The highest BCUT2D eigenvalue weighted by Gasteiger charge is 2.21. The first-order chi connectivity index (χ1) is 12.1. The van der Waals surface area contributed by atoms with Crippen LogP contribution >= 0.6 is 47.1 Å². The fourth-order valence-corrected chi connectivity index (χ4v) is 5.84. The number of hydrogen-bond donors (Lipinski definition) is 2. The van der Waals surface area contributed by atoms with E-state index in [9.17, 15) is 0 Å². The molecule has 0 fully saturated rings. The van der Waals surface area contributed by atoms with Gasteiger partial charge in [-0.15, -0.1) is 0 Å². The lowest BCUT2D eigenvalue weighted by Gasteiger charge is -2.24. The number of hydrogen-bond acceptors (Lipinski definition) is 6. The molecule has 0 radical (unpaired) electrons. The molecule has 25 heavy (non-hydrogen) atoms. The smallest absolute Gasteiger partial charge is 0.177 e. The van der Waals surface area contributed by atoms with Crippen LogP contribution < -0.4 is 5.32 Å². The minimum Gasteiger partial charge on any atom is -0.353 e. The Morgan fingerprint density at radius 3 is 2.64 bits per heavy atom. The Labute approximate surface area is 164 Å². The van der Waals surface area contributed by atoms with E-state index in [1.165, 1.54) is 37.2 Å². The number of aromatic amines is 1. The SMILES string of the molecule is CC(C)=C(Sc1n[nH]c(=S)s1)c1cccc2c1Nc1ccccc1S2. The summed E-state index contributed by atoms with van der Waals surface area (Å²) in [5, 5.41) is 10.8. The lowest BCUT2D eigenvalue weighted by molar-refractivity contribution is 1.01. The number of thioether (sulfide) groups is 1. The van der Waals surface area contributed by atoms with Crippen LogP contribution in [0.3, 0.4) is 0 Å². The normalized spacial score (nSPS) is 12.1. The number of para-hydroxylation sites is 2. The maximum Gasteiger partial charge on any atom is 0.177 e. The summed E-state index contributed by atoms with van der Waals surface area (Å²) in [5.74, 6) is 0. The summed E-state index contributed by atoms with van der Waals surface area (Å²) in [6, 6.07) is 14.9. The number of H-pyrrole nitrogens is 1. The second-order valence-corrected chi connectivity index (χ2v) is 9.72. The van der Waals surface area contributed by atoms with Crippen molar-refractivity contribution in [2.24, 2.45) is 0 Å². The Morgan fingerprint density at radius 2 is 1.88 bits per heavy atom. The average Bonchev–Trinajstić information content (AvgIpc) is 3.02. The number of anilines is 2. The molecule has 0 atom stereocenters. The number of rotatable bonds is 3. The van der Waals surface area contributed by atoms with Crippen LogP contribution in [0.2, 0.25) is 0 Å². The van der Waals surface area contributed by atoms with E-state index < -0.39 is 0 Å². The molecule has 4 rings (SSSR count). The van der Waals surface area contributed by atoms with Gasteiger partial charge in [0, 0.05) is 20.3 Å². The van der Waals surface area contributed by atoms with Crippen molar-refractivity contribution in [1.82, 2.24) is 10.2 Å². The van der Waals surface area contributed by atoms with Gasteiger partial charge in [0.25, 0.3) is 0 Å². The highest BCUT2D eigenvalue weighted by molar-refractivity contribution is 8.09. The van der Waals surface area contributed by atoms with Crippen LogP contribution in [0.15, 0.2) is 62.2 Å². The molecule has 0 amide bonds. The van der Waals surface area contributed by atoms with Crippen molar-refractivity contribution < 1.29 is 0 Å². The fraction of sp³-hybridized carbons (Fsp3) is 0.111. The monoisotopic (exact) mass is 401 g/mol. The molecule has 1 aliphatic heterocycles. The largest absolute Gasteiger partial charge is 0.353 e. The van der Waals surface area contributed by atoms with Gasteiger partial charge in [0.1, 0.15) is 0 Å². The van der Waals surface area contributed by atoms with Gasteiger partial charge >= 0.3 is 0 Å². The molecule has 3 nitrogen and oxygen atoms in total. The summed E-state index contributed by atoms with van der Waals surface area (Å²) in [5.41, 5.74) is 4.77. The Kier molecular flexibility index (Phi) is 4.73. The topological polar surface area (TPSA) is 40.7 Å². The van der Waals surface area contributed by atoms with Crippen LogP contribution in [-0.2, 0) is 0 Å². The predicted molar refractivity (Wildman–Crippen MR) is 112 cm³/mol. The lowest BCUT2D eigenvalue weighted by Crippen LogP contribution is -2.03. The van der Waals surface area contributed by atoms with Gasteiger partial charge in [-0.2, -0.15) is 5.10 Å². The molecule has 2 heterocycles. The first-order valence-electron chi connectivity index (χ1n) is 7.70. The van der Waals surface area contributed by atoms with Gasteiger partial charge in [-0.25, -0.2) is 0 Å². The number of benzene rings is 2. The molecule has 1 aromatic heterocycles. The van der Waals surface area contributed by atoms with Crippen molar-refractivity contribution in [3.8, 4) is 0 Å². The first kappa shape index (κ1) is 16.9. The van der Waals surface area contributed by atoms with Crippen LogP contribution in [0.5, 0.6) is 0 Å². The molecule has 0 spiro atoms. The van der Waals surface area contributed by atoms with Gasteiger partial charge < -0.3 is 5.32 Å². The Hall–Kier alpha value is -1.54. The summed E-state index contributed by atoms with van der Waals surface area (Å²) < 4.78 is 1.64. The van der Waals surface area contributed by atoms with Crippen molar-refractivity contribution in [2.75, 3.05) is 5.32 Å². The zero-order valence-electron chi connectivity index (χ0n) is 13.6. The molecule has 2 N–H and O–H groups in total. The number of nitrogens with one attached hydrogen (secondary N) is 2. The van der Waals surface area contributed by atoms with Crippen molar-refractivity contribution >= 4 is 63.4 Å². The maximum absolute atomic E-state index is 5.16. The van der Waals surface area contributed by atoms with E-state index in [1.54, 1.807) is 23.5 Å². The van der Waals surface area contributed by atoms with Gasteiger partial charge in [-0.3, -0.25) is 5.10 Å². The molecule has 1 aliphatic rings. The van der Waals surface area contributed by atoms with Crippen LogP contribution in [0.1, 0.15) is 19.4 Å². The highest BCUT2D eigenvalue weighted by atomic mass is 32.2. The molecule has 0 saturated heterocycles. The van der Waals surface area contributed by atoms with Crippen molar-refractivity contribution in [1.29, 1.82) is 0 Å². The lowest BCUT2D eigenvalue weighted by atomic mass is 10.1. The Morgan fingerprint density at radius 1 is 1.08 bits per heavy atom. The van der Waals surface area contributed by atoms with Crippen molar-refractivity contribution in [3.05, 3.63) is 57.6 Å². The summed E-state index contributed by atoms with van der Waals surface area (Å²) in [6.07, 6.45) is 0. The highest BCUT2D eigenvalue weighted by Crippen LogP contribution is 2.49. The zero-order valence-corrected chi connectivity index (χ0v) is 16.9. The summed E-state index contributed by atoms with van der Waals surface area (Å²) >= 11 is 10.1. The molecule has 0 unspecified atom stereocenters. The standard InChI is InChI=1S/C18H15N3S4/c1-10(2)16(24-18-21-20-17(22)25-18)11-6-5-9-14-15(11)19-12-7-3-4-8-13(12)23-14/h3-9,19H,1-2H3,(H,20,22). The third kappa shape index (κ3) is 3.42. The van der Waals surface area contributed by atoms with Crippen molar-refractivity contribution in [3.63, 3.8) is 0 Å². The van der Waals surface area contributed by atoms with Crippen LogP contribution in [0, 0.1) is 3.95 Å². The minimum atomic E-state index is 0.702.